The molecule has 1 fully saturated rings. The predicted octanol–water partition coefficient (Wildman–Crippen LogP) is 1.77. The van der Waals surface area contributed by atoms with Crippen LogP contribution in [-0.4, -0.2) is 28.2 Å². The molecule has 1 N–H and O–H groups in total. The van der Waals surface area contributed by atoms with Crippen molar-refractivity contribution < 1.29 is 9.53 Å². The molecule has 0 saturated carbocycles. The maximum absolute atomic E-state index is 11.8. The van der Waals surface area contributed by atoms with Gasteiger partial charge in [-0.25, -0.2) is 0 Å². The number of hydrogen-bond donors (Lipinski definition) is 1. The summed E-state index contributed by atoms with van der Waals surface area (Å²) in [5.41, 5.74) is -0.401. The first-order valence-electron chi connectivity index (χ1n) is 4.82. The summed E-state index contributed by atoms with van der Waals surface area (Å²) in [7, 11) is 0. The van der Waals surface area contributed by atoms with Crippen LogP contribution in [0.3, 0.4) is 0 Å². The molecule has 1 aliphatic heterocycles. The van der Waals surface area contributed by atoms with Gasteiger partial charge in [0.2, 0.25) is 0 Å². The molecule has 1 heterocycles. The van der Waals surface area contributed by atoms with Gasteiger partial charge >= 0.3 is 5.97 Å². The first-order valence-corrected chi connectivity index (χ1v) is 5.81. The van der Waals surface area contributed by atoms with E-state index in [4.69, 9.17) is 4.74 Å². The van der Waals surface area contributed by atoms with Crippen LogP contribution in [0.1, 0.15) is 34.6 Å². The van der Waals surface area contributed by atoms with Crippen LogP contribution in [0.15, 0.2) is 0 Å². The van der Waals surface area contributed by atoms with Crippen LogP contribution in [0.2, 0.25) is 0 Å². The fourth-order valence-corrected chi connectivity index (χ4v) is 2.34. The molecule has 0 spiro atoms. The van der Waals surface area contributed by atoms with Gasteiger partial charge in [-0.05, 0) is 34.6 Å². The van der Waals surface area contributed by atoms with Gasteiger partial charge in [0.15, 0.2) is 0 Å². The van der Waals surface area contributed by atoms with Gasteiger partial charge in [0, 0.05) is 10.6 Å². The number of nitrogens with one attached hydrogen (secondary N) is 1. The lowest BCUT2D eigenvalue weighted by Gasteiger charge is -2.27. The highest BCUT2D eigenvalue weighted by atomic mass is 32.2. The number of thioether (sulfide) groups is 1. The van der Waals surface area contributed by atoms with Crippen LogP contribution in [0.5, 0.6) is 0 Å². The Kier molecular flexibility index (Phi) is 3.17. The summed E-state index contributed by atoms with van der Waals surface area (Å²) in [6.45, 7) is 9.79. The Labute approximate surface area is 90.0 Å². The van der Waals surface area contributed by atoms with Crippen LogP contribution in [-0.2, 0) is 9.53 Å². The van der Waals surface area contributed by atoms with Gasteiger partial charge in [-0.15, -0.1) is 11.8 Å². The van der Waals surface area contributed by atoms with E-state index in [0.717, 1.165) is 5.88 Å². The normalized spacial score (nSPS) is 26.2. The highest BCUT2D eigenvalue weighted by molar-refractivity contribution is 8.00. The summed E-state index contributed by atoms with van der Waals surface area (Å²) in [6.07, 6.45) is 0. The van der Waals surface area contributed by atoms with E-state index in [2.05, 4.69) is 19.2 Å². The topological polar surface area (TPSA) is 38.3 Å². The number of ether oxygens (including phenoxy) is 1. The number of carbonyl (C=O) groups is 1. The Balaban J connectivity index is 2.62. The number of esters is 1. The highest BCUT2D eigenvalue weighted by Gasteiger charge is 2.42. The molecule has 3 nitrogen and oxygen atoms in total. The van der Waals surface area contributed by atoms with Gasteiger partial charge in [-0.3, -0.25) is 10.1 Å². The molecule has 1 atom stereocenters. The Morgan fingerprint density at radius 2 is 2.07 bits per heavy atom. The highest BCUT2D eigenvalue weighted by Crippen LogP contribution is 2.33. The van der Waals surface area contributed by atoms with Crippen molar-refractivity contribution >= 4 is 17.7 Å². The molecule has 0 aromatic heterocycles. The van der Waals surface area contributed by atoms with Crippen LogP contribution in [0, 0.1) is 0 Å². The largest absolute Gasteiger partial charge is 0.459 e. The third kappa shape index (κ3) is 2.89. The maximum atomic E-state index is 11.8. The van der Waals surface area contributed by atoms with Crippen molar-refractivity contribution in [1.29, 1.82) is 0 Å². The first kappa shape index (κ1) is 11.9. The molecule has 14 heavy (non-hydrogen) atoms. The second-order valence-electron chi connectivity index (χ2n) is 5.06. The van der Waals surface area contributed by atoms with Crippen LogP contribution < -0.4 is 5.32 Å². The second kappa shape index (κ2) is 3.74. The van der Waals surface area contributed by atoms with E-state index in [1.165, 1.54) is 0 Å². The summed E-state index contributed by atoms with van der Waals surface area (Å²) >= 11 is 1.75. The fraction of sp³-hybridized carbons (Fsp3) is 0.900. The molecule has 0 amide bonds. The summed E-state index contributed by atoms with van der Waals surface area (Å²) in [6, 6.07) is -0.188. The second-order valence-corrected chi connectivity index (χ2v) is 6.69. The van der Waals surface area contributed by atoms with Gasteiger partial charge in [0.1, 0.15) is 11.6 Å². The van der Waals surface area contributed by atoms with Crippen LogP contribution in [0.4, 0.5) is 0 Å². The Bertz CT molecular complexity index is 233. The van der Waals surface area contributed by atoms with E-state index < -0.39 is 5.60 Å². The average molecular weight is 217 g/mol. The molecule has 4 heteroatoms. The predicted molar refractivity (Wildman–Crippen MR) is 59.3 cm³/mol. The Morgan fingerprint density at radius 3 is 2.43 bits per heavy atom. The third-order valence-corrected chi connectivity index (χ3v) is 3.36. The van der Waals surface area contributed by atoms with Gasteiger partial charge < -0.3 is 4.74 Å². The van der Waals surface area contributed by atoms with Crippen molar-refractivity contribution in [2.24, 2.45) is 0 Å². The monoisotopic (exact) mass is 217 g/mol. The summed E-state index contributed by atoms with van der Waals surface area (Å²) in [4.78, 5) is 11.8. The van der Waals surface area contributed by atoms with E-state index in [-0.39, 0.29) is 16.8 Å². The molecule has 0 aromatic carbocycles. The smallest absolute Gasteiger partial charge is 0.325 e. The molecule has 0 radical (unpaired) electrons. The lowest BCUT2D eigenvalue weighted by Crippen LogP contribution is -2.46. The average Bonchev–Trinajstić information content (AvgIpc) is 2.25. The van der Waals surface area contributed by atoms with Gasteiger partial charge in [0.05, 0.1) is 0 Å². The molecule has 1 saturated heterocycles. The molecule has 1 rings (SSSR count). The first-order chi connectivity index (χ1) is 6.22. The Morgan fingerprint density at radius 1 is 1.50 bits per heavy atom. The van der Waals surface area contributed by atoms with Crippen molar-refractivity contribution in [3.8, 4) is 0 Å². The van der Waals surface area contributed by atoms with E-state index >= 15 is 0 Å². The van der Waals surface area contributed by atoms with E-state index in [1.54, 1.807) is 11.8 Å². The minimum Gasteiger partial charge on any atom is -0.459 e. The van der Waals surface area contributed by atoms with Crippen molar-refractivity contribution in [2.45, 2.75) is 51.0 Å². The zero-order chi connectivity index (χ0) is 11.0. The molecule has 0 bridgehead atoms. The SMILES string of the molecule is CC(C)(C)OC(=O)[C@@H]1NCSC1(C)C. The maximum Gasteiger partial charge on any atom is 0.325 e. The summed E-state index contributed by atoms with van der Waals surface area (Å²) in [5.74, 6) is 0.671. The minimum absolute atomic E-state index is 0.0671. The quantitative estimate of drug-likeness (QED) is 0.679. The van der Waals surface area contributed by atoms with Crippen LogP contribution in [0.25, 0.3) is 0 Å². The van der Waals surface area contributed by atoms with Gasteiger partial charge in [0.25, 0.3) is 0 Å². The fourth-order valence-electron chi connectivity index (χ4n) is 1.37. The van der Waals surface area contributed by atoms with Crippen molar-refractivity contribution in [3.05, 3.63) is 0 Å². The van der Waals surface area contributed by atoms with E-state index in [0.29, 0.717) is 0 Å². The van der Waals surface area contributed by atoms with E-state index in [9.17, 15) is 4.79 Å². The molecule has 0 aromatic rings. The van der Waals surface area contributed by atoms with E-state index in [1.807, 2.05) is 20.8 Å². The standard InChI is InChI=1S/C10H19NO2S/c1-9(2,3)13-8(12)7-10(4,5)14-6-11-7/h7,11H,6H2,1-5H3/t7-/m0/s1. The molecular formula is C10H19NO2S. The van der Waals surface area contributed by atoms with Gasteiger partial charge in [-0.1, -0.05) is 0 Å². The minimum atomic E-state index is -0.401. The lowest BCUT2D eigenvalue weighted by molar-refractivity contribution is -0.157. The summed E-state index contributed by atoms with van der Waals surface area (Å²) in [5, 5.41) is 3.16. The molecule has 0 unspecified atom stereocenters. The van der Waals surface area contributed by atoms with Gasteiger partial charge in [-0.2, -0.15) is 0 Å². The Hall–Kier alpha value is -0.220. The zero-order valence-corrected chi connectivity index (χ0v) is 10.3. The number of carbonyl (C=O) groups excluding carboxylic acids is 1. The molecule has 1 aliphatic rings. The molecule has 82 valence electrons. The lowest BCUT2D eigenvalue weighted by atomic mass is 10.0. The van der Waals surface area contributed by atoms with Crippen molar-refractivity contribution in [2.75, 3.05) is 5.88 Å². The summed E-state index contributed by atoms with van der Waals surface area (Å²) < 4.78 is 5.28. The van der Waals surface area contributed by atoms with Crippen molar-refractivity contribution in [3.63, 3.8) is 0 Å². The zero-order valence-electron chi connectivity index (χ0n) is 9.51. The number of hydrogen-bond acceptors (Lipinski definition) is 4. The molecular weight excluding hydrogens is 198 g/mol. The number of rotatable bonds is 1. The molecule has 0 aliphatic carbocycles. The van der Waals surface area contributed by atoms with Crippen LogP contribution >= 0.6 is 11.8 Å². The van der Waals surface area contributed by atoms with Crippen molar-refractivity contribution in [1.82, 2.24) is 5.32 Å². The third-order valence-electron chi connectivity index (χ3n) is 2.07.